The number of hydrogen-bond donors (Lipinski definition) is 0. The first kappa shape index (κ1) is 19.9. The number of carbonyl (C=O) groups excluding carboxylic acids is 1. The molecule has 1 amide bonds. The van der Waals surface area contributed by atoms with Gasteiger partial charge in [0.05, 0.1) is 19.8 Å². The molecule has 5 rings (SSSR count). The third-order valence-corrected chi connectivity index (χ3v) is 6.04. The molecule has 0 aliphatic carbocycles. The number of aromatic nitrogens is 3. The van der Waals surface area contributed by atoms with Gasteiger partial charge in [-0.3, -0.25) is 19.4 Å². The fourth-order valence-corrected chi connectivity index (χ4v) is 4.40. The highest BCUT2D eigenvalue weighted by atomic mass is 16.5. The zero-order valence-electron chi connectivity index (χ0n) is 17.6. The average molecular weight is 418 g/mol. The maximum Gasteiger partial charge on any atom is 0.274 e. The summed E-state index contributed by atoms with van der Waals surface area (Å²) in [6, 6.07) is 14.4. The van der Waals surface area contributed by atoms with Gasteiger partial charge in [0.25, 0.3) is 5.91 Å². The van der Waals surface area contributed by atoms with Crippen LogP contribution in [-0.4, -0.2) is 63.3 Å². The van der Waals surface area contributed by atoms with Crippen LogP contribution < -0.4 is 0 Å². The Morgan fingerprint density at radius 3 is 2.45 bits per heavy atom. The first-order valence-corrected chi connectivity index (χ1v) is 10.9. The van der Waals surface area contributed by atoms with E-state index >= 15 is 0 Å². The number of carbonyl (C=O) groups is 1. The van der Waals surface area contributed by atoms with Crippen LogP contribution in [0.25, 0.3) is 0 Å². The maximum atomic E-state index is 13.4. The molecule has 2 aromatic heterocycles. The lowest BCUT2D eigenvalue weighted by molar-refractivity contribution is 0.0297. The average Bonchev–Trinajstić information content (AvgIpc) is 3.18. The summed E-state index contributed by atoms with van der Waals surface area (Å²) in [4.78, 5) is 21.8. The molecule has 160 valence electrons. The monoisotopic (exact) mass is 417 g/mol. The lowest BCUT2D eigenvalue weighted by atomic mass is 10.0. The Morgan fingerprint density at radius 2 is 1.68 bits per heavy atom. The van der Waals surface area contributed by atoms with Crippen molar-refractivity contribution >= 4 is 5.91 Å². The summed E-state index contributed by atoms with van der Waals surface area (Å²) in [5.74, 6) is 0.0251. The molecule has 1 saturated heterocycles. The van der Waals surface area contributed by atoms with Crippen molar-refractivity contribution in [1.82, 2.24) is 24.6 Å². The number of rotatable bonds is 5. The smallest absolute Gasteiger partial charge is 0.274 e. The summed E-state index contributed by atoms with van der Waals surface area (Å²) in [5, 5.41) is 4.85. The highest BCUT2D eigenvalue weighted by Gasteiger charge is 2.31. The number of ether oxygens (including phenoxy) is 1. The van der Waals surface area contributed by atoms with Gasteiger partial charge in [0, 0.05) is 62.8 Å². The van der Waals surface area contributed by atoms with Crippen molar-refractivity contribution in [1.29, 1.82) is 0 Å². The highest BCUT2D eigenvalue weighted by molar-refractivity contribution is 5.94. The first-order chi connectivity index (χ1) is 15.3. The van der Waals surface area contributed by atoms with Gasteiger partial charge >= 0.3 is 0 Å². The van der Waals surface area contributed by atoms with Gasteiger partial charge in [0.15, 0.2) is 5.69 Å². The van der Waals surface area contributed by atoms with Gasteiger partial charge in [0.2, 0.25) is 0 Å². The molecule has 7 heteroatoms. The van der Waals surface area contributed by atoms with Crippen molar-refractivity contribution in [2.75, 3.05) is 32.8 Å². The van der Waals surface area contributed by atoms with E-state index in [4.69, 9.17) is 9.84 Å². The molecule has 0 bridgehead atoms. The minimum atomic E-state index is 0.0251. The van der Waals surface area contributed by atoms with E-state index < -0.39 is 0 Å². The molecule has 2 aliphatic heterocycles. The fourth-order valence-electron chi connectivity index (χ4n) is 4.40. The van der Waals surface area contributed by atoms with E-state index in [1.807, 2.05) is 52.3 Å². The minimum absolute atomic E-state index is 0.0251. The van der Waals surface area contributed by atoms with Crippen LogP contribution in [-0.2, 0) is 30.8 Å². The van der Waals surface area contributed by atoms with Crippen molar-refractivity contribution in [2.45, 2.75) is 26.1 Å². The Bertz CT molecular complexity index is 1030. The maximum absolute atomic E-state index is 13.4. The van der Waals surface area contributed by atoms with Gasteiger partial charge in [-0.15, -0.1) is 0 Å². The van der Waals surface area contributed by atoms with E-state index in [1.165, 1.54) is 16.8 Å². The number of nitrogens with zero attached hydrogens (tertiary/aromatic N) is 5. The fraction of sp³-hybridized carbons (Fsp3) is 0.375. The van der Waals surface area contributed by atoms with E-state index in [-0.39, 0.29) is 5.91 Å². The van der Waals surface area contributed by atoms with Crippen LogP contribution in [0.4, 0.5) is 0 Å². The van der Waals surface area contributed by atoms with Crippen LogP contribution >= 0.6 is 0 Å². The molecule has 0 unspecified atom stereocenters. The zero-order valence-corrected chi connectivity index (χ0v) is 17.6. The lowest BCUT2D eigenvalue weighted by Crippen LogP contribution is -2.41. The first-order valence-electron chi connectivity index (χ1n) is 10.9. The van der Waals surface area contributed by atoms with Crippen LogP contribution in [0.3, 0.4) is 0 Å². The molecule has 7 nitrogen and oxygen atoms in total. The summed E-state index contributed by atoms with van der Waals surface area (Å²) in [6.07, 6.45) is 4.54. The molecule has 0 N–H and O–H groups in total. The second-order valence-electron chi connectivity index (χ2n) is 8.14. The molecule has 0 atom stereocenters. The van der Waals surface area contributed by atoms with Gasteiger partial charge < -0.3 is 9.64 Å². The normalized spacial score (nSPS) is 16.8. The van der Waals surface area contributed by atoms with Crippen molar-refractivity contribution in [2.24, 2.45) is 0 Å². The topological polar surface area (TPSA) is 63.5 Å². The molecule has 31 heavy (non-hydrogen) atoms. The predicted octanol–water partition coefficient (Wildman–Crippen LogP) is 2.36. The molecule has 2 aliphatic rings. The SMILES string of the molecule is O=C(c1nn(Cc2ccccc2)c2c1CN(Cc1ccncc1)CC2)N1CCOCC1. The predicted molar refractivity (Wildman–Crippen MR) is 117 cm³/mol. The Kier molecular flexibility index (Phi) is 5.78. The van der Waals surface area contributed by atoms with Crippen LogP contribution in [0.15, 0.2) is 54.9 Å². The summed E-state index contributed by atoms with van der Waals surface area (Å²) in [5.41, 5.74) is 5.29. The molecular weight excluding hydrogens is 390 g/mol. The molecule has 1 fully saturated rings. The van der Waals surface area contributed by atoms with Crippen molar-refractivity contribution < 1.29 is 9.53 Å². The van der Waals surface area contributed by atoms with Gasteiger partial charge in [-0.05, 0) is 23.3 Å². The second kappa shape index (κ2) is 8.99. The molecule has 3 aromatic rings. The van der Waals surface area contributed by atoms with E-state index in [9.17, 15) is 4.79 Å². The van der Waals surface area contributed by atoms with E-state index in [1.54, 1.807) is 0 Å². The Hall–Kier alpha value is -3.03. The van der Waals surface area contributed by atoms with Crippen LogP contribution in [0, 0.1) is 0 Å². The van der Waals surface area contributed by atoms with Gasteiger partial charge in [-0.25, -0.2) is 0 Å². The zero-order chi connectivity index (χ0) is 21.0. The number of fused-ring (bicyclic) bond motifs is 1. The summed E-state index contributed by atoms with van der Waals surface area (Å²) >= 11 is 0. The molecule has 4 heterocycles. The molecular formula is C24H27N5O2. The quantitative estimate of drug-likeness (QED) is 0.638. The largest absolute Gasteiger partial charge is 0.378 e. The van der Waals surface area contributed by atoms with Gasteiger partial charge in [-0.1, -0.05) is 30.3 Å². The van der Waals surface area contributed by atoms with Crippen molar-refractivity contribution in [3.63, 3.8) is 0 Å². The van der Waals surface area contributed by atoms with Gasteiger partial charge in [-0.2, -0.15) is 5.10 Å². The number of morpholine rings is 1. The van der Waals surface area contributed by atoms with Crippen LogP contribution in [0.1, 0.15) is 32.9 Å². The third kappa shape index (κ3) is 4.38. The Labute approximate surface area is 182 Å². The van der Waals surface area contributed by atoms with E-state index in [0.717, 1.165) is 31.6 Å². The summed E-state index contributed by atoms with van der Waals surface area (Å²) < 4.78 is 7.48. The Balaban J connectivity index is 1.44. The summed E-state index contributed by atoms with van der Waals surface area (Å²) in [6.45, 7) is 5.64. The summed E-state index contributed by atoms with van der Waals surface area (Å²) in [7, 11) is 0. The number of amides is 1. The van der Waals surface area contributed by atoms with Crippen molar-refractivity contribution in [3.05, 3.63) is 82.9 Å². The number of hydrogen-bond acceptors (Lipinski definition) is 5. The van der Waals surface area contributed by atoms with Crippen LogP contribution in [0.5, 0.6) is 0 Å². The number of pyridine rings is 1. The highest BCUT2D eigenvalue weighted by Crippen LogP contribution is 2.26. The number of benzene rings is 1. The minimum Gasteiger partial charge on any atom is -0.378 e. The molecule has 0 spiro atoms. The standard InChI is InChI=1S/C24H27N5O2/c30-24(28-12-14-31-15-13-28)23-21-18-27(16-20-6-9-25-10-7-20)11-8-22(21)29(26-23)17-19-4-2-1-3-5-19/h1-7,9-10H,8,11-18H2. The van der Waals surface area contributed by atoms with Crippen LogP contribution in [0.2, 0.25) is 0 Å². The lowest BCUT2D eigenvalue weighted by Gasteiger charge is -2.29. The van der Waals surface area contributed by atoms with E-state index in [0.29, 0.717) is 38.5 Å². The van der Waals surface area contributed by atoms with E-state index in [2.05, 4.69) is 22.0 Å². The van der Waals surface area contributed by atoms with Crippen molar-refractivity contribution in [3.8, 4) is 0 Å². The van der Waals surface area contributed by atoms with Gasteiger partial charge in [0.1, 0.15) is 0 Å². The molecule has 1 aromatic carbocycles. The molecule has 0 saturated carbocycles. The second-order valence-corrected chi connectivity index (χ2v) is 8.14. The Morgan fingerprint density at radius 1 is 0.935 bits per heavy atom. The third-order valence-electron chi connectivity index (χ3n) is 6.04. The molecule has 0 radical (unpaired) electrons.